The first-order chi connectivity index (χ1) is 12.6. The Morgan fingerprint density at radius 3 is 2.92 bits per heavy atom. The Bertz CT molecular complexity index is 898. The van der Waals surface area contributed by atoms with Gasteiger partial charge < -0.3 is 9.88 Å². The van der Waals surface area contributed by atoms with Gasteiger partial charge in [-0.3, -0.25) is 4.79 Å². The van der Waals surface area contributed by atoms with Crippen LogP contribution in [-0.2, 0) is 17.8 Å². The van der Waals surface area contributed by atoms with E-state index in [1.54, 1.807) is 23.5 Å². The largest absolute Gasteiger partial charge is 0.324 e. The summed E-state index contributed by atoms with van der Waals surface area (Å²) in [4.78, 5) is 13.5. The molecule has 3 rings (SSSR count). The first-order valence-corrected chi connectivity index (χ1v) is 10.9. The van der Waals surface area contributed by atoms with Crippen LogP contribution in [0.25, 0.3) is 0 Å². The van der Waals surface area contributed by atoms with Gasteiger partial charge >= 0.3 is 0 Å². The van der Waals surface area contributed by atoms with Crippen molar-refractivity contribution in [3.8, 4) is 0 Å². The van der Waals surface area contributed by atoms with Crippen LogP contribution in [0.3, 0.4) is 0 Å². The Labute approximate surface area is 173 Å². The van der Waals surface area contributed by atoms with E-state index >= 15 is 0 Å². The number of hydrogen-bond acceptors (Lipinski definition) is 5. The SMILES string of the molecule is CCn1c(Cc2cccs2)nnc1SCC(=O)Nc1ccc(Br)cc1Cl. The van der Waals surface area contributed by atoms with Gasteiger partial charge in [0.25, 0.3) is 0 Å². The summed E-state index contributed by atoms with van der Waals surface area (Å²) in [5.41, 5.74) is 0.593. The number of hydrogen-bond donors (Lipinski definition) is 1. The lowest BCUT2D eigenvalue weighted by Gasteiger charge is -2.08. The van der Waals surface area contributed by atoms with Gasteiger partial charge in [0.05, 0.1) is 16.5 Å². The van der Waals surface area contributed by atoms with Crippen LogP contribution >= 0.6 is 50.6 Å². The fourth-order valence-electron chi connectivity index (χ4n) is 2.35. The van der Waals surface area contributed by atoms with Crippen LogP contribution in [0, 0.1) is 0 Å². The van der Waals surface area contributed by atoms with E-state index < -0.39 is 0 Å². The first kappa shape index (κ1) is 19.4. The number of nitrogens with zero attached hydrogens (tertiary/aromatic N) is 3. The van der Waals surface area contributed by atoms with Crippen LogP contribution in [-0.4, -0.2) is 26.4 Å². The van der Waals surface area contributed by atoms with E-state index in [9.17, 15) is 4.79 Å². The van der Waals surface area contributed by atoms with Crippen molar-refractivity contribution in [2.45, 2.75) is 25.0 Å². The van der Waals surface area contributed by atoms with Gasteiger partial charge in [0.1, 0.15) is 5.82 Å². The van der Waals surface area contributed by atoms with Crippen molar-refractivity contribution in [2.24, 2.45) is 0 Å². The van der Waals surface area contributed by atoms with Crippen LogP contribution in [0.4, 0.5) is 5.69 Å². The minimum absolute atomic E-state index is 0.135. The topological polar surface area (TPSA) is 59.8 Å². The predicted molar refractivity (Wildman–Crippen MR) is 111 cm³/mol. The fourth-order valence-corrected chi connectivity index (χ4v) is 4.59. The molecule has 1 amide bonds. The highest BCUT2D eigenvalue weighted by atomic mass is 79.9. The molecule has 136 valence electrons. The summed E-state index contributed by atoms with van der Waals surface area (Å²) in [6.45, 7) is 2.81. The van der Waals surface area contributed by atoms with Crippen LogP contribution < -0.4 is 5.32 Å². The zero-order valence-corrected chi connectivity index (χ0v) is 17.9. The molecule has 0 aliphatic heterocycles. The maximum absolute atomic E-state index is 12.2. The lowest BCUT2D eigenvalue weighted by molar-refractivity contribution is -0.113. The first-order valence-electron chi connectivity index (χ1n) is 7.89. The molecule has 0 bridgehead atoms. The maximum atomic E-state index is 12.2. The number of aromatic nitrogens is 3. The average Bonchev–Trinajstić information content (AvgIpc) is 3.25. The molecule has 0 saturated carbocycles. The van der Waals surface area contributed by atoms with Gasteiger partial charge in [0, 0.05) is 22.3 Å². The number of carbonyl (C=O) groups is 1. The number of thioether (sulfide) groups is 1. The summed E-state index contributed by atoms with van der Waals surface area (Å²) in [7, 11) is 0. The van der Waals surface area contributed by atoms with E-state index in [1.807, 2.05) is 23.6 Å². The van der Waals surface area contributed by atoms with E-state index in [-0.39, 0.29) is 11.7 Å². The second kappa shape index (κ2) is 9.03. The van der Waals surface area contributed by atoms with E-state index in [2.05, 4.69) is 42.9 Å². The molecule has 3 aromatic rings. The number of anilines is 1. The van der Waals surface area contributed by atoms with Gasteiger partial charge in [0.15, 0.2) is 5.16 Å². The minimum Gasteiger partial charge on any atom is -0.324 e. The molecule has 0 unspecified atom stereocenters. The molecular weight excluding hydrogens is 456 g/mol. The smallest absolute Gasteiger partial charge is 0.234 e. The zero-order chi connectivity index (χ0) is 18.5. The maximum Gasteiger partial charge on any atom is 0.234 e. The normalized spacial score (nSPS) is 10.9. The summed E-state index contributed by atoms with van der Waals surface area (Å²) >= 11 is 12.5. The molecule has 0 spiro atoms. The number of amides is 1. The lowest BCUT2D eigenvalue weighted by atomic mass is 10.3. The quantitative estimate of drug-likeness (QED) is 0.487. The minimum atomic E-state index is -0.135. The molecule has 0 saturated heterocycles. The number of benzene rings is 1. The number of rotatable bonds is 7. The summed E-state index contributed by atoms with van der Waals surface area (Å²) in [6, 6.07) is 9.46. The summed E-state index contributed by atoms with van der Waals surface area (Å²) in [5.74, 6) is 1.02. The van der Waals surface area contributed by atoms with Crippen molar-refractivity contribution in [1.82, 2.24) is 14.8 Å². The number of thiophene rings is 1. The molecule has 0 aliphatic rings. The third-order valence-electron chi connectivity index (χ3n) is 3.56. The van der Waals surface area contributed by atoms with Gasteiger partial charge in [-0.2, -0.15) is 0 Å². The fraction of sp³-hybridized carbons (Fsp3) is 0.235. The van der Waals surface area contributed by atoms with Crippen molar-refractivity contribution < 1.29 is 4.79 Å². The lowest BCUT2D eigenvalue weighted by Crippen LogP contribution is -2.15. The molecule has 0 fully saturated rings. The second-order valence-electron chi connectivity index (χ2n) is 5.36. The van der Waals surface area contributed by atoms with Crippen LogP contribution in [0.1, 0.15) is 17.6 Å². The van der Waals surface area contributed by atoms with Gasteiger partial charge in [-0.05, 0) is 36.6 Å². The van der Waals surface area contributed by atoms with E-state index in [4.69, 9.17) is 11.6 Å². The van der Waals surface area contributed by atoms with Crippen LogP contribution in [0.2, 0.25) is 5.02 Å². The number of carbonyl (C=O) groups excluding carboxylic acids is 1. The second-order valence-corrected chi connectivity index (χ2v) is 8.66. The summed E-state index contributed by atoms with van der Waals surface area (Å²) < 4.78 is 2.91. The molecule has 0 radical (unpaired) electrons. The van der Waals surface area contributed by atoms with Crippen molar-refractivity contribution >= 4 is 62.2 Å². The summed E-state index contributed by atoms with van der Waals surface area (Å²) in [6.07, 6.45) is 0.750. The van der Waals surface area contributed by atoms with Crippen LogP contribution in [0.15, 0.2) is 45.3 Å². The molecular formula is C17H16BrClN4OS2. The van der Waals surface area contributed by atoms with Crippen LogP contribution in [0.5, 0.6) is 0 Å². The van der Waals surface area contributed by atoms with E-state index in [1.165, 1.54) is 16.6 Å². The Hall–Kier alpha value is -1.35. The molecule has 5 nitrogen and oxygen atoms in total. The van der Waals surface area contributed by atoms with E-state index in [0.717, 1.165) is 28.4 Å². The number of halogens is 2. The Balaban J connectivity index is 1.62. The standard InChI is InChI=1S/C17H16BrClN4OS2/c1-2-23-15(9-12-4-3-7-25-12)21-22-17(23)26-10-16(24)20-14-6-5-11(18)8-13(14)19/h3-8H,2,9-10H2,1H3,(H,20,24). The highest BCUT2D eigenvalue weighted by Gasteiger charge is 2.14. The highest BCUT2D eigenvalue weighted by molar-refractivity contribution is 9.10. The molecule has 1 N–H and O–H groups in total. The molecule has 2 aromatic heterocycles. The highest BCUT2D eigenvalue weighted by Crippen LogP contribution is 2.26. The molecule has 26 heavy (non-hydrogen) atoms. The molecule has 0 atom stereocenters. The van der Waals surface area contributed by atoms with Gasteiger partial charge in [-0.25, -0.2) is 0 Å². The van der Waals surface area contributed by atoms with Crippen molar-refractivity contribution in [3.63, 3.8) is 0 Å². The van der Waals surface area contributed by atoms with Gasteiger partial charge in [-0.15, -0.1) is 21.5 Å². The zero-order valence-electron chi connectivity index (χ0n) is 13.9. The Morgan fingerprint density at radius 1 is 1.38 bits per heavy atom. The van der Waals surface area contributed by atoms with Gasteiger partial charge in [-0.1, -0.05) is 45.4 Å². The van der Waals surface area contributed by atoms with Gasteiger partial charge in [0.2, 0.25) is 5.91 Å². The Kier molecular flexibility index (Phi) is 6.74. The van der Waals surface area contributed by atoms with Crippen molar-refractivity contribution in [2.75, 3.05) is 11.1 Å². The third-order valence-corrected chi connectivity index (χ3v) is 6.21. The molecule has 2 heterocycles. The third kappa shape index (κ3) is 4.88. The monoisotopic (exact) mass is 470 g/mol. The van der Waals surface area contributed by atoms with Crippen molar-refractivity contribution in [1.29, 1.82) is 0 Å². The molecule has 9 heteroatoms. The average molecular weight is 472 g/mol. The van der Waals surface area contributed by atoms with Crippen molar-refractivity contribution in [3.05, 3.63) is 55.9 Å². The van der Waals surface area contributed by atoms with E-state index in [0.29, 0.717) is 10.7 Å². The molecule has 1 aromatic carbocycles. The predicted octanol–water partition coefficient (Wildman–Crippen LogP) is 5.10. The molecule has 0 aliphatic carbocycles. The summed E-state index contributed by atoms with van der Waals surface area (Å²) in [5, 5.41) is 14.6. The number of nitrogens with one attached hydrogen (secondary N) is 1. The Morgan fingerprint density at radius 2 is 2.23 bits per heavy atom.